The summed E-state index contributed by atoms with van der Waals surface area (Å²) in [4.78, 5) is 38.7. The van der Waals surface area contributed by atoms with Crippen LogP contribution in [0.1, 0.15) is 18.1 Å². The van der Waals surface area contributed by atoms with E-state index < -0.39 is 17.8 Å². The number of imide groups is 2. The summed E-state index contributed by atoms with van der Waals surface area (Å²) in [6, 6.07) is 11.2. The Labute approximate surface area is 187 Å². The zero-order valence-corrected chi connectivity index (χ0v) is 18.4. The monoisotopic (exact) mass is 483 g/mol. The summed E-state index contributed by atoms with van der Waals surface area (Å²) >= 11 is 3.34. The van der Waals surface area contributed by atoms with Gasteiger partial charge in [-0.05, 0) is 63.8 Å². The van der Waals surface area contributed by atoms with Crippen molar-refractivity contribution < 1.29 is 23.9 Å². The Bertz CT molecular complexity index is 1120. The number of hydrogen-bond donors (Lipinski definition) is 1. The number of hydrogen-bond acceptors (Lipinski definition) is 6. The molecule has 4 amide bonds. The minimum atomic E-state index is -0.810. The van der Waals surface area contributed by atoms with Crippen LogP contribution in [-0.2, 0) is 16.0 Å². The molecule has 1 N–H and O–H groups in total. The maximum atomic E-state index is 13.0. The minimum Gasteiger partial charge on any atom is -0.493 e. The molecule has 0 unspecified atom stereocenters. The van der Waals surface area contributed by atoms with Gasteiger partial charge in [0.25, 0.3) is 11.8 Å². The molecule has 158 valence electrons. The minimum absolute atomic E-state index is 0.176. The van der Waals surface area contributed by atoms with Crippen molar-refractivity contribution in [2.45, 2.75) is 13.3 Å². The SMILES string of the molecule is CCc1ccc(N2C(=O)NC(=O)/C(=C/c3cc(Br)c(OCC#N)c(OC)c3)C2=O)cc1. The molecule has 1 saturated heterocycles. The molecule has 0 atom stereocenters. The third-order valence-electron chi connectivity index (χ3n) is 4.55. The second-order valence-corrected chi connectivity index (χ2v) is 7.31. The first kappa shape index (κ1) is 22.1. The summed E-state index contributed by atoms with van der Waals surface area (Å²) in [6.07, 6.45) is 2.17. The van der Waals surface area contributed by atoms with Gasteiger partial charge in [0.05, 0.1) is 17.3 Å². The van der Waals surface area contributed by atoms with Crippen molar-refractivity contribution in [3.63, 3.8) is 0 Å². The van der Waals surface area contributed by atoms with Gasteiger partial charge in [-0.2, -0.15) is 5.26 Å². The van der Waals surface area contributed by atoms with Gasteiger partial charge in [0.15, 0.2) is 18.1 Å². The number of nitrogens with one attached hydrogen (secondary N) is 1. The molecule has 0 aromatic heterocycles. The van der Waals surface area contributed by atoms with E-state index in [1.807, 2.05) is 25.1 Å². The molecule has 0 aliphatic carbocycles. The molecule has 0 bridgehead atoms. The predicted octanol–water partition coefficient (Wildman–Crippen LogP) is 3.59. The number of carbonyl (C=O) groups is 3. The lowest BCUT2D eigenvalue weighted by atomic mass is 10.1. The molecule has 3 rings (SSSR count). The number of nitrogens with zero attached hydrogens (tertiary/aromatic N) is 2. The van der Waals surface area contributed by atoms with Crippen molar-refractivity contribution in [1.82, 2.24) is 5.32 Å². The van der Waals surface area contributed by atoms with Crippen LogP contribution in [0.3, 0.4) is 0 Å². The van der Waals surface area contributed by atoms with Crippen molar-refractivity contribution in [1.29, 1.82) is 5.26 Å². The second-order valence-electron chi connectivity index (χ2n) is 6.46. The first-order valence-corrected chi connectivity index (χ1v) is 10.1. The van der Waals surface area contributed by atoms with Gasteiger partial charge < -0.3 is 9.47 Å². The van der Waals surface area contributed by atoms with Crippen LogP contribution in [0.25, 0.3) is 6.08 Å². The Balaban J connectivity index is 1.99. The number of halogens is 1. The maximum Gasteiger partial charge on any atom is 0.335 e. The number of urea groups is 1. The average Bonchev–Trinajstić information content (AvgIpc) is 2.76. The summed E-state index contributed by atoms with van der Waals surface area (Å²) in [5, 5.41) is 10.9. The summed E-state index contributed by atoms with van der Waals surface area (Å²) in [7, 11) is 1.43. The number of benzene rings is 2. The molecule has 8 nitrogen and oxygen atoms in total. The molecule has 2 aromatic rings. The highest BCUT2D eigenvalue weighted by Gasteiger charge is 2.36. The van der Waals surface area contributed by atoms with E-state index in [1.165, 1.54) is 13.2 Å². The Morgan fingerprint density at radius 3 is 2.52 bits per heavy atom. The van der Waals surface area contributed by atoms with E-state index in [-0.39, 0.29) is 12.2 Å². The highest BCUT2D eigenvalue weighted by atomic mass is 79.9. The number of aryl methyl sites for hydroxylation is 1. The van der Waals surface area contributed by atoms with Crippen LogP contribution >= 0.6 is 15.9 Å². The van der Waals surface area contributed by atoms with Crippen molar-refractivity contribution >= 4 is 45.5 Å². The van der Waals surface area contributed by atoms with Gasteiger partial charge in [0, 0.05) is 0 Å². The van der Waals surface area contributed by atoms with E-state index in [0.717, 1.165) is 16.9 Å². The van der Waals surface area contributed by atoms with E-state index in [4.69, 9.17) is 14.7 Å². The van der Waals surface area contributed by atoms with Gasteiger partial charge in [0.2, 0.25) is 0 Å². The fourth-order valence-corrected chi connectivity index (χ4v) is 3.58. The van der Waals surface area contributed by atoms with Crippen LogP contribution in [0.5, 0.6) is 11.5 Å². The van der Waals surface area contributed by atoms with Crippen LogP contribution < -0.4 is 19.7 Å². The largest absolute Gasteiger partial charge is 0.493 e. The maximum absolute atomic E-state index is 13.0. The van der Waals surface area contributed by atoms with Gasteiger partial charge in [-0.3, -0.25) is 14.9 Å². The van der Waals surface area contributed by atoms with Crippen LogP contribution in [0.2, 0.25) is 0 Å². The van der Waals surface area contributed by atoms with Gasteiger partial charge in [-0.25, -0.2) is 9.69 Å². The van der Waals surface area contributed by atoms with Gasteiger partial charge in [-0.1, -0.05) is 19.1 Å². The Kier molecular flexibility index (Phi) is 6.72. The number of carbonyl (C=O) groups excluding carboxylic acids is 3. The van der Waals surface area contributed by atoms with Gasteiger partial charge in [-0.15, -0.1) is 0 Å². The third kappa shape index (κ3) is 4.59. The molecule has 0 saturated carbocycles. The average molecular weight is 484 g/mol. The Morgan fingerprint density at radius 2 is 1.90 bits per heavy atom. The Morgan fingerprint density at radius 1 is 1.19 bits per heavy atom. The van der Waals surface area contributed by atoms with Gasteiger partial charge >= 0.3 is 6.03 Å². The molecular formula is C22H18BrN3O5. The van der Waals surface area contributed by atoms with Crippen molar-refractivity contribution in [3.8, 4) is 17.6 Å². The lowest BCUT2D eigenvalue weighted by molar-refractivity contribution is -0.122. The number of methoxy groups -OCH3 is 1. The molecular weight excluding hydrogens is 466 g/mol. The second kappa shape index (κ2) is 9.45. The van der Waals surface area contributed by atoms with E-state index in [1.54, 1.807) is 24.3 Å². The zero-order chi connectivity index (χ0) is 22.5. The summed E-state index contributed by atoms with van der Waals surface area (Å²) in [5.41, 5.74) is 1.66. The fraction of sp³-hybridized carbons (Fsp3) is 0.182. The Hall–Kier alpha value is -3.64. The molecule has 2 aromatic carbocycles. The zero-order valence-electron chi connectivity index (χ0n) is 16.8. The van der Waals surface area contributed by atoms with Crippen LogP contribution in [0.15, 0.2) is 46.4 Å². The van der Waals surface area contributed by atoms with E-state index >= 15 is 0 Å². The molecule has 1 aliphatic rings. The highest BCUT2D eigenvalue weighted by Crippen LogP contribution is 2.37. The van der Waals surface area contributed by atoms with Crippen LogP contribution in [0.4, 0.5) is 10.5 Å². The highest BCUT2D eigenvalue weighted by molar-refractivity contribution is 9.10. The lowest BCUT2D eigenvalue weighted by Crippen LogP contribution is -2.54. The third-order valence-corrected chi connectivity index (χ3v) is 5.14. The molecule has 1 fully saturated rings. The number of ether oxygens (including phenoxy) is 2. The molecule has 1 heterocycles. The number of barbiturate groups is 1. The van der Waals surface area contributed by atoms with E-state index in [2.05, 4.69) is 21.2 Å². The number of nitriles is 1. The molecule has 1 aliphatic heterocycles. The number of rotatable bonds is 6. The van der Waals surface area contributed by atoms with E-state index in [9.17, 15) is 14.4 Å². The standard InChI is InChI=1S/C22H18BrN3O5/c1-3-13-4-6-15(7-5-13)26-21(28)16(20(27)25-22(26)29)10-14-11-17(23)19(31-9-8-24)18(12-14)30-2/h4-7,10-12H,3,9H2,1-2H3,(H,25,27,29)/b16-10-. The summed E-state index contributed by atoms with van der Waals surface area (Å²) in [5.74, 6) is -0.907. The van der Waals surface area contributed by atoms with Gasteiger partial charge in [0.1, 0.15) is 11.6 Å². The van der Waals surface area contributed by atoms with Crippen molar-refractivity contribution in [2.24, 2.45) is 0 Å². The number of amides is 4. The smallest absolute Gasteiger partial charge is 0.335 e. The van der Waals surface area contributed by atoms with Crippen molar-refractivity contribution in [2.75, 3.05) is 18.6 Å². The summed E-state index contributed by atoms with van der Waals surface area (Å²) < 4.78 is 11.1. The topological polar surface area (TPSA) is 109 Å². The quantitative estimate of drug-likeness (QED) is 0.496. The van der Waals surface area contributed by atoms with E-state index in [0.29, 0.717) is 27.2 Å². The predicted molar refractivity (Wildman–Crippen MR) is 117 cm³/mol. The molecule has 9 heteroatoms. The molecule has 31 heavy (non-hydrogen) atoms. The first-order valence-electron chi connectivity index (χ1n) is 9.27. The molecule has 0 radical (unpaired) electrons. The first-order chi connectivity index (χ1) is 14.9. The van der Waals surface area contributed by atoms with Crippen LogP contribution in [-0.4, -0.2) is 31.6 Å². The molecule has 0 spiro atoms. The fourth-order valence-electron chi connectivity index (χ4n) is 3.01. The number of anilines is 1. The lowest BCUT2D eigenvalue weighted by Gasteiger charge is -2.26. The summed E-state index contributed by atoms with van der Waals surface area (Å²) in [6.45, 7) is 1.82. The van der Waals surface area contributed by atoms with Crippen LogP contribution in [0, 0.1) is 11.3 Å². The normalized spacial score (nSPS) is 15.0. The van der Waals surface area contributed by atoms with Crippen molar-refractivity contribution in [3.05, 3.63) is 57.6 Å².